The zero-order valence-corrected chi connectivity index (χ0v) is 9.40. The van der Waals surface area contributed by atoms with Gasteiger partial charge in [0.25, 0.3) is 5.91 Å². The molecule has 16 heavy (non-hydrogen) atoms. The van der Waals surface area contributed by atoms with Crippen LogP contribution in [0.3, 0.4) is 0 Å². The Morgan fingerprint density at radius 1 is 1.44 bits per heavy atom. The third-order valence-electron chi connectivity index (χ3n) is 2.44. The van der Waals surface area contributed by atoms with E-state index in [1.807, 2.05) is 13.8 Å². The Hall–Kier alpha value is -1.42. The number of aliphatic hydroxyl groups excluding tert-OH is 1. The molecule has 1 atom stereocenters. The van der Waals surface area contributed by atoms with Crippen LogP contribution in [0.25, 0.3) is 0 Å². The summed E-state index contributed by atoms with van der Waals surface area (Å²) >= 11 is 0. The van der Waals surface area contributed by atoms with E-state index in [0.717, 1.165) is 0 Å². The van der Waals surface area contributed by atoms with Crippen LogP contribution in [-0.2, 0) is 0 Å². The standard InChI is InChI=1S/C12H16FNO2/c1-8(2)11(7-15)14-12(16)9-5-3-4-6-10(9)13/h3-6,8,11,15H,7H2,1-2H3,(H,14,16)/t11-/m1/s1. The highest BCUT2D eigenvalue weighted by molar-refractivity contribution is 5.94. The van der Waals surface area contributed by atoms with Gasteiger partial charge < -0.3 is 10.4 Å². The molecule has 0 heterocycles. The molecule has 2 N–H and O–H groups in total. The molecule has 1 aromatic rings. The lowest BCUT2D eigenvalue weighted by molar-refractivity contribution is 0.0893. The van der Waals surface area contributed by atoms with Gasteiger partial charge in [0.1, 0.15) is 5.82 Å². The van der Waals surface area contributed by atoms with Crippen molar-refractivity contribution in [3.05, 3.63) is 35.6 Å². The molecule has 0 bridgehead atoms. The van der Waals surface area contributed by atoms with Gasteiger partial charge in [0, 0.05) is 0 Å². The van der Waals surface area contributed by atoms with E-state index in [0.29, 0.717) is 0 Å². The molecule has 0 radical (unpaired) electrons. The fraction of sp³-hybridized carbons (Fsp3) is 0.417. The fourth-order valence-electron chi connectivity index (χ4n) is 1.31. The number of amides is 1. The highest BCUT2D eigenvalue weighted by atomic mass is 19.1. The summed E-state index contributed by atoms with van der Waals surface area (Å²) in [5.41, 5.74) is 0.00148. The summed E-state index contributed by atoms with van der Waals surface area (Å²) in [4.78, 5) is 11.7. The van der Waals surface area contributed by atoms with Gasteiger partial charge >= 0.3 is 0 Å². The summed E-state index contributed by atoms with van der Waals surface area (Å²) < 4.78 is 13.3. The smallest absolute Gasteiger partial charge is 0.254 e. The SMILES string of the molecule is CC(C)[C@@H](CO)NC(=O)c1ccccc1F. The first-order valence-electron chi connectivity index (χ1n) is 5.22. The first-order chi connectivity index (χ1) is 7.56. The Morgan fingerprint density at radius 3 is 2.56 bits per heavy atom. The van der Waals surface area contributed by atoms with Crippen LogP contribution < -0.4 is 5.32 Å². The van der Waals surface area contributed by atoms with Gasteiger partial charge in [-0.2, -0.15) is 0 Å². The molecule has 0 saturated carbocycles. The van der Waals surface area contributed by atoms with Crippen molar-refractivity contribution in [2.45, 2.75) is 19.9 Å². The predicted octanol–water partition coefficient (Wildman–Crippen LogP) is 1.57. The van der Waals surface area contributed by atoms with Crippen LogP contribution >= 0.6 is 0 Å². The van der Waals surface area contributed by atoms with Crippen LogP contribution in [0.15, 0.2) is 24.3 Å². The number of hydrogen-bond acceptors (Lipinski definition) is 2. The number of carbonyl (C=O) groups excluding carboxylic acids is 1. The average molecular weight is 225 g/mol. The van der Waals surface area contributed by atoms with Crippen LogP contribution in [-0.4, -0.2) is 23.7 Å². The average Bonchev–Trinajstić information content (AvgIpc) is 2.25. The van der Waals surface area contributed by atoms with Crippen LogP contribution in [0.1, 0.15) is 24.2 Å². The molecule has 0 saturated heterocycles. The van der Waals surface area contributed by atoms with E-state index < -0.39 is 11.7 Å². The monoisotopic (exact) mass is 225 g/mol. The number of aliphatic hydroxyl groups is 1. The van der Waals surface area contributed by atoms with Crippen molar-refractivity contribution in [2.24, 2.45) is 5.92 Å². The van der Waals surface area contributed by atoms with Gasteiger partial charge in [0.15, 0.2) is 0 Å². The molecule has 1 aromatic carbocycles. The van der Waals surface area contributed by atoms with E-state index in [-0.39, 0.29) is 24.1 Å². The van der Waals surface area contributed by atoms with Crippen molar-refractivity contribution >= 4 is 5.91 Å². The highest BCUT2D eigenvalue weighted by Gasteiger charge is 2.17. The Bertz CT molecular complexity index is 366. The Kier molecular flexibility index (Phi) is 4.43. The molecule has 1 amide bonds. The van der Waals surface area contributed by atoms with Gasteiger partial charge in [-0.1, -0.05) is 26.0 Å². The summed E-state index contributed by atoms with van der Waals surface area (Å²) in [5, 5.41) is 11.6. The minimum absolute atomic E-state index is 0.00148. The second-order valence-electron chi connectivity index (χ2n) is 3.99. The summed E-state index contributed by atoms with van der Waals surface area (Å²) in [7, 11) is 0. The van der Waals surface area contributed by atoms with Gasteiger partial charge in [-0.25, -0.2) is 4.39 Å². The Morgan fingerprint density at radius 2 is 2.06 bits per heavy atom. The number of halogens is 1. The van der Waals surface area contributed by atoms with Crippen molar-refractivity contribution in [3.63, 3.8) is 0 Å². The Balaban J connectivity index is 2.76. The maximum atomic E-state index is 13.3. The van der Waals surface area contributed by atoms with Crippen molar-refractivity contribution in [1.29, 1.82) is 0 Å². The van der Waals surface area contributed by atoms with Crippen molar-refractivity contribution in [2.75, 3.05) is 6.61 Å². The number of rotatable bonds is 4. The molecular weight excluding hydrogens is 209 g/mol. The van der Waals surface area contributed by atoms with Gasteiger partial charge in [0.2, 0.25) is 0 Å². The van der Waals surface area contributed by atoms with E-state index >= 15 is 0 Å². The maximum Gasteiger partial charge on any atom is 0.254 e. The van der Waals surface area contributed by atoms with Crippen LogP contribution in [0, 0.1) is 11.7 Å². The molecule has 0 unspecified atom stereocenters. The number of benzene rings is 1. The first kappa shape index (κ1) is 12.6. The van der Waals surface area contributed by atoms with Crippen LogP contribution in [0.4, 0.5) is 4.39 Å². The molecule has 0 aliphatic carbocycles. The molecule has 88 valence electrons. The number of nitrogens with one attached hydrogen (secondary N) is 1. The van der Waals surface area contributed by atoms with E-state index in [2.05, 4.69) is 5.32 Å². The first-order valence-corrected chi connectivity index (χ1v) is 5.22. The molecule has 0 aromatic heterocycles. The molecule has 0 aliphatic rings. The minimum atomic E-state index is -0.555. The number of carbonyl (C=O) groups is 1. The zero-order valence-electron chi connectivity index (χ0n) is 9.40. The van der Waals surface area contributed by atoms with E-state index in [1.54, 1.807) is 6.07 Å². The van der Waals surface area contributed by atoms with Crippen molar-refractivity contribution in [1.82, 2.24) is 5.32 Å². The van der Waals surface area contributed by atoms with E-state index in [9.17, 15) is 9.18 Å². The summed E-state index contributed by atoms with van der Waals surface area (Å²) in [5.74, 6) is -0.952. The molecular formula is C12H16FNO2. The van der Waals surface area contributed by atoms with Gasteiger partial charge in [0.05, 0.1) is 18.2 Å². The van der Waals surface area contributed by atoms with Gasteiger partial charge in [-0.05, 0) is 18.1 Å². The summed E-state index contributed by atoms with van der Waals surface area (Å²) in [6.45, 7) is 3.60. The fourth-order valence-corrected chi connectivity index (χ4v) is 1.31. The van der Waals surface area contributed by atoms with Gasteiger partial charge in [-0.3, -0.25) is 4.79 Å². The predicted molar refractivity (Wildman–Crippen MR) is 59.6 cm³/mol. The largest absolute Gasteiger partial charge is 0.394 e. The second-order valence-corrected chi connectivity index (χ2v) is 3.99. The summed E-state index contributed by atoms with van der Waals surface area (Å²) in [6, 6.07) is 5.42. The summed E-state index contributed by atoms with van der Waals surface area (Å²) in [6.07, 6.45) is 0. The third kappa shape index (κ3) is 3.03. The third-order valence-corrected chi connectivity index (χ3v) is 2.44. The van der Waals surface area contributed by atoms with E-state index in [4.69, 9.17) is 5.11 Å². The topological polar surface area (TPSA) is 49.3 Å². The van der Waals surface area contributed by atoms with Crippen molar-refractivity contribution in [3.8, 4) is 0 Å². The quantitative estimate of drug-likeness (QED) is 0.817. The molecule has 4 heteroatoms. The molecule has 1 rings (SSSR count). The second kappa shape index (κ2) is 5.61. The Labute approximate surface area is 94.3 Å². The minimum Gasteiger partial charge on any atom is -0.394 e. The number of hydrogen-bond donors (Lipinski definition) is 2. The lowest BCUT2D eigenvalue weighted by Gasteiger charge is -2.19. The molecule has 0 spiro atoms. The molecule has 0 fully saturated rings. The normalized spacial score (nSPS) is 12.6. The lowest BCUT2D eigenvalue weighted by atomic mass is 10.0. The van der Waals surface area contributed by atoms with Crippen molar-refractivity contribution < 1.29 is 14.3 Å². The molecule has 3 nitrogen and oxygen atoms in total. The lowest BCUT2D eigenvalue weighted by Crippen LogP contribution is -2.41. The molecule has 0 aliphatic heterocycles. The van der Waals surface area contributed by atoms with E-state index in [1.165, 1.54) is 18.2 Å². The van der Waals surface area contributed by atoms with Gasteiger partial charge in [-0.15, -0.1) is 0 Å². The highest BCUT2D eigenvalue weighted by Crippen LogP contribution is 2.08. The van der Waals surface area contributed by atoms with Crippen LogP contribution in [0.5, 0.6) is 0 Å². The zero-order chi connectivity index (χ0) is 12.1. The maximum absolute atomic E-state index is 13.3. The van der Waals surface area contributed by atoms with Crippen LogP contribution in [0.2, 0.25) is 0 Å².